The molecule has 0 heterocycles. The molecular weight excluding hydrogens is 408 g/mol. The van der Waals surface area contributed by atoms with Crippen molar-refractivity contribution >= 4 is 45.0 Å². The van der Waals surface area contributed by atoms with E-state index in [1.54, 1.807) is 12.1 Å². The van der Waals surface area contributed by atoms with Gasteiger partial charge in [-0.15, -0.1) is 0 Å². The van der Waals surface area contributed by atoms with E-state index >= 15 is 0 Å². The number of rotatable bonds is 6. The Morgan fingerprint density at radius 2 is 1.68 bits per heavy atom. The number of hydrogen-bond donors (Lipinski definition) is 4. The summed E-state index contributed by atoms with van der Waals surface area (Å²) in [4.78, 5) is 34.5. The van der Waals surface area contributed by atoms with Gasteiger partial charge in [0.05, 0.1) is 11.4 Å². The number of nitrogens with one attached hydrogen (secondary N) is 4. The van der Waals surface area contributed by atoms with Gasteiger partial charge < -0.3 is 5.32 Å². The van der Waals surface area contributed by atoms with E-state index in [0.29, 0.717) is 10.7 Å². The third kappa shape index (κ3) is 6.34. The van der Waals surface area contributed by atoms with Crippen molar-refractivity contribution in [3.63, 3.8) is 0 Å². The molecule has 3 amide bonds. The number of carbonyl (C=O) groups excluding carboxylic acids is 3. The Kier molecular flexibility index (Phi) is 7.10. The van der Waals surface area contributed by atoms with E-state index in [-0.39, 0.29) is 16.4 Å². The van der Waals surface area contributed by atoms with Crippen LogP contribution in [-0.2, 0) is 19.6 Å². The average molecular weight is 425 g/mol. The van der Waals surface area contributed by atoms with Gasteiger partial charge in [0, 0.05) is 23.2 Å². The predicted molar refractivity (Wildman–Crippen MR) is 103 cm³/mol. The quantitative estimate of drug-likeness (QED) is 0.514. The first kappa shape index (κ1) is 21.4. The third-order valence-corrected chi connectivity index (χ3v) is 4.96. The van der Waals surface area contributed by atoms with Gasteiger partial charge in [-0.25, -0.2) is 13.1 Å². The fraction of sp³-hybridized carbons (Fsp3) is 0.118. The van der Waals surface area contributed by atoms with Crippen molar-refractivity contribution in [2.45, 2.75) is 11.8 Å². The summed E-state index contributed by atoms with van der Waals surface area (Å²) in [5.74, 6) is -1.66. The molecule has 28 heavy (non-hydrogen) atoms. The molecule has 0 aliphatic rings. The summed E-state index contributed by atoms with van der Waals surface area (Å²) in [7, 11) is -3.95. The molecule has 148 valence electrons. The molecule has 2 aromatic carbocycles. The van der Waals surface area contributed by atoms with Crippen LogP contribution >= 0.6 is 11.6 Å². The van der Waals surface area contributed by atoms with Gasteiger partial charge in [-0.1, -0.05) is 17.7 Å². The molecule has 0 fully saturated rings. The van der Waals surface area contributed by atoms with Crippen molar-refractivity contribution in [2.24, 2.45) is 0 Å². The van der Waals surface area contributed by atoms with Gasteiger partial charge in [0.15, 0.2) is 0 Å². The highest BCUT2D eigenvalue weighted by Gasteiger charge is 2.16. The zero-order valence-electron chi connectivity index (χ0n) is 14.7. The van der Waals surface area contributed by atoms with Crippen LogP contribution in [0.2, 0.25) is 5.02 Å². The maximum atomic E-state index is 12.2. The highest BCUT2D eigenvalue weighted by Crippen LogP contribution is 2.13. The van der Waals surface area contributed by atoms with Gasteiger partial charge >= 0.3 is 0 Å². The number of benzene rings is 2. The number of carbonyl (C=O) groups is 3. The molecule has 0 bridgehead atoms. The maximum Gasteiger partial charge on any atom is 0.269 e. The average Bonchev–Trinajstić information content (AvgIpc) is 2.64. The van der Waals surface area contributed by atoms with Gasteiger partial charge in [0.25, 0.3) is 11.8 Å². The van der Waals surface area contributed by atoms with E-state index in [1.165, 1.54) is 43.3 Å². The standard InChI is InChI=1S/C17H17ClN4O5S/c1-11(23)20-14-5-7-15(8-6-14)28(26,27)19-10-16(24)21-22-17(25)12-3-2-4-13(18)9-12/h2-9,19H,10H2,1H3,(H,20,23)(H,21,24)(H,22,25). The summed E-state index contributed by atoms with van der Waals surface area (Å²) >= 11 is 5.78. The summed E-state index contributed by atoms with van der Waals surface area (Å²) in [6.07, 6.45) is 0. The lowest BCUT2D eigenvalue weighted by atomic mass is 10.2. The first-order valence-electron chi connectivity index (χ1n) is 7.89. The molecule has 0 atom stereocenters. The summed E-state index contributed by atoms with van der Waals surface area (Å²) < 4.78 is 26.5. The molecule has 0 aliphatic heterocycles. The lowest BCUT2D eigenvalue weighted by Crippen LogP contribution is -2.46. The Morgan fingerprint density at radius 3 is 2.29 bits per heavy atom. The fourth-order valence-corrected chi connectivity index (χ4v) is 3.21. The SMILES string of the molecule is CC(=O)Nc1ccc(S(=O)(=O)NCC(=O)NNC(=O)c2cccc(Cl)c2)cc1. The Morgan fingerprint density at radius 1 is 1.00 bits per heavy atom. The van der Waals surface area contributed by atoms with Crippen molar-refractivity contribution in [2.75, 3.05) is 11.9 Å². The van der Waals surface area contributed by atoms with E-state index < -0.39 is 28.4 Å². The zero-order chi connectivity index (χ0) is 20.7. The molecule has 0 radical (unpaired) electrons. The van der Waals surface area contributed by atoms with E-state index in [4.69, 9.17) is 11.6 Å². The maximum absolute atomic E-state index is 12.2. The molecule has 2 aromatic rings. The smallest absolute Gasteiger partial charge is 0.269 e. The van der Waals surface area contributed by atoms with Crippen molar-refractivity contribution in [1.82, 2.24) is 15.6 Å². The highest BCUT2D eigenvalue weighted by atomic mass is 35.5. The summed E-state index contributed by atoms with van der Waals surface area (Å²) in [6.45, 7) is 0.738. The van der Waals surface area contributed by atoms with Crippen LogP contribution in [0.3, 0.4) is 0 Å². The van der Waals surface area contributed by atoms with E-state index in [0.717, 1.165) is 0 Å². The van der Waals surface area contributed by atoms with Gasteiger partial charge in [-0.2, -0.15) is 0 Å². The normalized spacial score (nSPS) is 10.8. The first-order chi connectivity index (χ1) is 13.2. The number of hydrazine groups is 1. The zero-order valence-corrected chi connectivity index (χ0v) is 16.2. The molecule has 0 saturated heterocycles. The van der Waals surface area contributed by atoms with E-state index in [9.17, 15) is 22.8 Å². The van der Waals surface area contributed by atoms with E-state index in [1.807, 2.05) is 0 Å². The van der Waals surface area contributed by atoms with Crippen LogP contribution in [0, 0.1) is 0 Å². The summed E-state index contributed by atoms with van der Waals surface area (Å²) in [6, 6.07) is 11.5. The Labute approximate surface area is 166 Å². The lowest BCUT2D eigenvalue weighted by Gasteiger charge is -2.10. The molecular formula is C17H17ClN4O5S. The van der Waals surface area contributed by atoms with Crippen molar-refractivity contribution in [1.29, 1.82) is 0 Å². The van der Waals surface area contributed by atoms with Crippen molar-refractivity contribution in [3.05, 3.63) is 59.1 Å². The molecule has 9 nitrogen and oxygen atoms in total. The van der Waals surface area contributed by atoms with Gasteiger partial charge in [0.2, 0.25) is 15.9 Å². The topological polar surface area (TPSA) is 133 Å². The molecule has 11 heteroatoms. The van der Waals surface area contributed by atoms with Crippen LogP contribution in [0.5, 0.6) is 0 Å². The largest absolute Gasteiger partial charge is 0.326 e. The lowest BCUT2D eigenvalue weighted by molar-refractivity contribution is -0.120. The fourth-order valence-electron chi connectivity index (χ4n) is 2.04. The second kappa shape index (κ2) is 9.31. The molecule has 0 aromatic heterocycles. The molecule has 4 N–H and O–H groups in total. The molecule has 2 rings (SSSR count). The number of anilines is 1. The summed E-state index contributed by atoms with van der Waals surface area (Å²) in [5, 5.41) is 2.87. The number of amides is 3. The van der Waals surface area contributed by atoms with Crippen LogP contribution in [0.1, 0.15) is 17.3 Å². The van der Waals surface area contributed by atoms with Crippen molar-refractivity contribution < 1.29 is 22.8 Å². The Bertz CT molecular complexity index is 993. The van der Waals surface area contributed by atoms with Gasteiger partial charge in [0.1, 0.15) is 0 Å². The number of hydrogen-bond acceptors (Lipinski definition) is 5. The van der Waals surface area contributed by atoms with Crippen molar-refractivity contribution in [3.8, 4) is 0 Å². The molecule has 0 aliphatic carbocycles. The second-order valence-corrected chi connectivity index (χ2v) is 7.75. The predicted octanol–water partition coefficient (Wildman–Crippen LogP) is 1.04. The molecule has 0 saturated carbocycles. The van der Waals surface area contributed by atoms with Crippen LogP contribution in [0.15, 0.2) is 53.4 Å². The van der Waals surface area contributed by atoms with Crippen LogP contribution < -0.4 is 20.9 Å². The highest BCUT2D eigenvalue weighted by molar-refractivity contribution is 7.89. The minimum absolute atomic E-state index is 0.0858. The first-order valence-corrected chi connectivity index (χ1v) is 9.75. The van der Waals surface area contributed by atoms with Crippen LogP contribution in [0.25, 0.3) is 0 Å². The minimum Gasteiger partial charge on any atom is -0.326 e. The Balaban J connectivity index is 1.87. The number of sulfonamides is 1. The van der Waals surface area contributed by atoms with Gasteiger partial charge in [-0.3, -0.25) is 25.2 Å². The molecule has 0 spiro atoms. The number of halogens is 1. The van der Waals surface area contributed by atoms with Gasteiger partial charge in [-0.05, 0) is 42.5 Å². The summed E-state index contributed by atoms with van der Waals surface area (Å²) in [5.41, 5.74) is 4.92. The van der Waals surface area contributed by atoms with Crippen LogP contribution in [-0.4, -0.2) is 32.7 Å². The minimum atomic E-state index is -3.95. The Hall–Kier alpha value is -2.95. The molecule has 0 unspecified atom stereocenters. The second-order valence-electron chi connectivity index (χ2n) is 5.54. The monoisotopic (exact) mass is 424 g/mol. The van der Waals surface area contributed by atoms with E-state index in [2.05, 4.69) is 20.9 Å². The van der Waals surface area contributed by atoms with Crippen LogP contribution in [0.4, 0.5) is 5.69 Å². The third-order valence-electron chi connectivity index (χ3n) is 3.31.